The van der Waals surface area contributed by atoms with Crippen LogP contribution in [-0.4, -0.2) is 18.4 Å². The Kier molecular flexibility index (Phi) is 6.04. The van der Waals surface area contributed by atoms with Gasteiger partial charge in [-0.3, -0.25) is 9.59 Å². The van der Waals surface area contributed by atoms with E-state index in [2.05, 4.69) is 5.32 Å². The average Bonchev–Trinajstić information content (AvgIpc) is 3.04. The van der Waals surface area contributed by atoms with Crippen molar-refractivity contribution in [2.24, 2.45) is 0 Å². The molecule has 0 bridgehead atoms. The van der Waals surface area contributed by atoms with Crippen LogP contribution in [0.2, 0.25) is 5.02 Å². The van der Waals surface area contributed by atoms with Gasteiger partial charge in [-0.1, -0.05) is 25.4 Å². The van der Waals surface area contributed by atoms with Crippen molar-refractivity contribution in [2.75, 3.05) is 6.54 Å². The van der Waals surface area contributed by atoms with Crippen molar-refractivity contribution in [1.82, 2.24) is 5.32 Å². The van der Waals surface area contributed by atoms with Gasteiger partial charge in [-0.2, -0.15) is 0 Å². The molecule has 0 radical (unpaired) electrons. The highest BCUT2D eigenvalue weighted by Crippen LogP contribution is 2.32. The quantitative estimate of drug-likeness (QED) is 0.630. The van der Waals surface area contributed by atoms with E-state index < -0.39 is 5.97 Å². The number of carbonyl (C=O) groups is 2. The first-order valence-corrected chi connectivity index (χ1v) is 8.08. The summed E-state index contributed by atoms with van der Waals surface area (Å²) in [5, 5.41) is 3.25. The number of rotatable bonds is 6. The summed E-state index contributed by atoms with van der Waals surface area (Å²) in [7, 11) is 0. The number of hydrogen-bond acceptors (Lipinski definition) is 4. The van der Waals surface area contributed by atoms with Gasteiger partial charge in [-0.15, -0.1) is 0 Å². The van der Waals surface area contributed by atoms with Crippen molar-refractivity contribution < 1.29 is 18.7 Å². The highest BCUT2D eigenvalue weighted by atomic mass is 35.5. The van der Waals surface area contributed by atoms with Crippen LogP contribution in [0.5, 0.6) is 5.75 Å². The van der Waals surface area contributed by atoms with Crippen LogP contribution >= 0.6 is 11.6 Å². The maximum absolute atomic E-state index is 12.0. The summed E-state index contributed by atoms with van der Waals surface area (Å²) >= 11 is 6.14. The monoisotopic (exact) mass is 349 g/mol. The van der Waals surface area contributed by atoms with E-state index in [0.717, 1.165) is 11.1 Å². The van der Waals surface area contributed by atoms with Crippen molar-refractivity contribution >= 4 is 23.5 Å². The van der Waals surface area contributed by atoms with Crippen molar-refractivity contribution in [3.8, 4) is 5.75 Å². The first-order chi connectivity index (χ1) is 11.4. The Labute approximate surface area is 145 Å². The smallest absolute Gasteiger partial charge is 0.312 e. The fraction of sp³-hybridized carbons (Fsp3) is 0.333. The van der Waals surface area contributed by atoms with E-state index in [1.165, 1.54) is 6.26 Å². The molecule has 1 N–H and O–H groups in total. The molecule has 2 aromatic rings. The van der Waals surface area contributed by atoms with E-state index in [4.69, 9.17) is 20.8 Å². The molecule has 0 aliphatic carbocycles. The Balaban J connectivity index is 1.93. The Hall–Kier alpha value is -2.27. The molecule has 128 valence electrons. The second-order valence-corrected chi connectivity index (χ2v) is 6.16. The van der Waals surface area contributed by atoms with Crippen molar-refractivity contribution in [3.63, 3.8) is 0 Å². The first-order valence-electron chi connectivity index (χ1n) is 7.71. The van der Waals surface area contributed by atoms with E-state index >= 15 is 0 Å². The van der Waals surface area contributed by atoms with Gasteiger partial charge < -0.3 is 14.5 Å². The van der Waals surface area contributed by atoms with Crippen molar-refractivity contribution in [2.45, 2.75) is 33.1 Å². The number of amides is 1. The third kappa shape index (κ3) is 4.61. The minimum atomic E-state index is -0.418. The van der Waals surface area contributed by atoms with Crippen molar-refractivity contribution in [3.05, 3.63) is 52.4 Å². The summed E-state index contributed by atoms with van der Waals surface area (Å²) in [5.74, 6) is 0.106. The van der Waals surface area contributed by atoms with Crippen LogP contribution in [0.25, 0.3) is 0 Å². The fourth-order valence-corrected chi connectivity index (χ4v) is 2.33. The third-order valence-corrected chi connectivity index (χ3v) is 3.90. The Morgan fingerprint density at radius 3 is 2.71 bits per heavy atom. The minimum Gasteiger partial charge on any atom is -0.459 e. The molecule has 0 aliphatic heterocycles. The maximum atomic E-state index is 12.0. The third-order valence-electron chi connectivity index (χ3n) is 3.50. The number of aryl methyl sites for hydroxylation is 1. The highest BCUT2D eigenvalue weighted by molar-refractivity contribution is 6.31. The van der Waals surface area contributed by atoms with Gasteiger partial charge in [-0.05, 0) is 48.2 Å². The summed E-state index contributed by atoms with van der Waals surface area (Å²) in [6, 6.07) is 6.76. The molecule has 1 heterocycles. The molecule has 0 aliphatic rings. The number of halogens is 1. The normalized spacial score (nSPS) is 10.7. The molecule has 5 nitrogen and oxygen atoms in total. The number of hydrogen-bond donors (Lipinski definition) is 1. The molecule has 2 rings (SSSR count). The van der Waals surface area contributed by atoms with Crippen LogP contribution in [0.4, 0.5) is 0 Å². The van der Waals surface area contributed by atoms with Gasteiger partial charge in [0.2, 0.25) is 0 Å². The molecule has 0 saturated carbocycles. The van der Waals surface area contributed by atoms with Crippen LogP contribution < -0.4 is 10.1 Å². The van der Waals surface area contributed by atoms with Crippen LogP contribution in [0.3, 0.4) is 0 Å². The average molecular weight is 350 g/mol. The summed E-state index contributed by atoms with van der Waals surface area (Å²) in [5.41, 5.74) is 1.72. The van der Waals surface area contributed by atoms with Crippen LogP contribution in [0.15, 0.2) is 34.9 Å². The lowest BCUT2D eigenvalue weighted by atomic mass is 10.0. The standard InChI is InChI=1S/C18H20ClNO4/c1-11(2)13-10-14(19)12(3)9-16(13)24-17(21)6-7-20-18(22)15-5-4-8-23-15/h4-5,8-11H,6-7H2,1-3H3,(H,20,22). The lowest BCUT2D eigenvalue weighted by Crippen LogP contribution is -2.26. The van der Waals surface area contributed by atoms with Gasteiger partial charge in [0.15, 0.2) is 5.76 Å². The Bertz CT molecular complexity index is 723. The van der Waals surface area contributed by atoms with E-state index in [-0.39, 0.29) is 30.6 Å². The number of esters is 1. The lowest BCUT2D eigenvalue weighted by Gasteiger charge is -2.15. The van der Waals surface area contributed by atoms with Crippen molar-refractivity contribution in [1.29, 1.82) is 0 Å². The summed E-state index contributed by atoms with van der Waals surface area (Å²) in [4.78, 5) is 23.7. The second kappa shape index (κ2) is 8.02. The summed E-state index contributed by atoms with van der Waals surface area (Å²) < 4.78 is 10.4. The SMILES string of the molecule is Cc1cc(OC(=O)CCNC(=O)c2ccco2)c(C(C)C)cc1Cl. The molecular weight excluding hydrogens is 330 g/mol. The summed E-state index contributed by atoms with van der Waals surface area (Å²) in [6.07, 6.45) is 1.48. The van der Waals surface area contributed by atoms with E-state index in [0.29, 0.717) is 10.8 Å². The zero-order valence-corrected chi connectivity index (χ0v) is 14.6. The Morgan fingerprint density at radius 1 is 1.33 bits per heavy atom. The number of furan rings is 1. The predicted octanol–water partition coefficient (Wildman–Crippen LogP) is 4.09. The van der Waals surface area contributed by atoms with Crippen LogP contribution in [0, 0.1) is 6.92 Å². The number of ether oxygens (including phenoxy) is 1. The highest BCUT2D eigenvalue weighted by Gasteiger charge is 2.15. The fourth-order valence-electron chi connectivity index (χ4n) is 2.16. The summed E-state index contributed by atoms with van der Waals surface area (Å²) in [6.45, 7) is 6.03. The van der Waals surface area contributed by atoms with Gasteiger partial charge in [-0.25, -0.2) is 0 Å². The number of benzene rings is 1. The molecule has 1 aromatic heterocycles. The molecule has 24 heavy (non-hydrogen) atoms. The molecule has 1 aromatic carbocycles. The van der Waals surface area contributed by atoms with Gasteiger partial charge in [0.1, 0.15) is 5.75 Å². The molecule has 6 heteroatoms. The lowest BCUT2D eigenvalue weighted by molar-refractivity contribution is -0.134. The minimum absolute atomic E-state index is 0.0612. The molecule has 0 fully saturated rings. The van der Waals surface area contributed by atoms with Gasteiger partial charge in [0.25, 0.3) is 5.91 Å². The van der Waals surface area contributed by atoms with Crippen LogP contribution in [-0.2, 0) is 4.79 Å². The van der Waals surface area contributed by atoms with Crippen LogP contribution in [0.1, 0.15) is 47.9 Å². The van der Waals surface area contributed by atoms with E-state index in [1.807, 2.05) is 26.8 Å². The molecule has 0 unspecified atom stereocenters. The topological polar surface area (TPSA) is 68.5 Å². The number of carbonyl (C=O) groups excluding carboxylic acids is 2. The molecule has 1 amide bonds. The zero-order valence-electron chi connectivity index (χ0n) is 13.9. The molecule has 0 atom stereocenters. The number of nitrogens with one attached hydrogen (secondary N) is 1. The molecular formula is C18H20ClNO4. The first kappa shape index (κ1) is 18.1. The van der Waals surface area contributed by atoms with E-state index in [9.17, 15) is 9.59 Å². The van der Waals surface area contributed by atoms with Gasteiger partial charge in [0.05, 0.1) is 12.7 Å². The molecule has 0 spiro atoms. The largest absolute Gasteiger partial charge is 0.459 e. The maximum Gasteiger partial charge on any atom is 0.312 e. The zero-order chi connectivity index (χ0) is 17.7. The van der Waals surface area contributed by atoms with Gasteiger partial charge >= 0.3 is 5.97 Å². The predicted molar refractivity (Wildman–Crippen MR) is 91.6 cm³/mol. The second-order valence-electron chi connectivity index (χ2n) is 5.75. The Morgan fingerprint density at radius 2 is 2.08 bits per heavy atom. The van der Waals surface area contributed by atoms with E-state index in [1.54, 1.807) is 18.2 Å². The van der Waals surface area contributed by atoms with Gasteiger partial charge in [0, 0.05) is 11.6 Å². The molecule has 0 saturated heterocycles.